The molecular weight excluding hydrogens is 352 g/mol. The van der Waals surface area contributed by atoms with Crippen LogP contribution >= 0.6 is 0 Å². The molecule has 0 atom stereocenters. The molecule has 0 N–H and O–H groups in total. The highest BCUT2D eigenvalue weighted by atomic mass is 16.5. The zero-order valence-electron chi connectivity index (χ0n) is 15.6. The second-order valence-corrected chi connectivity index (χ2v) is 5.06. The third-order valence-electron chi connectivity index (χ3n) is 3.07. The topological polar surface area (TPSA) is 111 Å². The predicted octanol–water partition coefficient (Wildman–Crippen LogP) is 3.28. The van der Waals surface area contributed by atoms with Crippen molar-refractivity contribution in [2.24, 2.45) is 9.98 Å². The number of ether oxygens (including phenoxy) is 2. The fraction of sp³-hybridized carbons (Fsp3) is 0.474. The first kappa shape index (κ1) is 23.9. The highest BCUT2D eigenvalue weighted by Crippen LogP contribution is 2.12. The first-order valence-electron chi connectivity index (χ1n) is 8.63. The Labute approximate surface area is 158 Å². The lowest BCUT2D eigenvalue weighted by atomic mass is 10.2. The monoisotopic (exact) mass is 376 g/mol. The molecule has 0 amide bonds. The summed E-state index contributed by atoms with van der Waals surface area (Å²) in [4.78, 5) is 48.4. The molecule has 0 saturated carbocycles. The number of nitrogens with zero attached hydrogens (tertiary/aromatic N) is 2. The SMILES string of the molecule is CCOC(=O)CCCCCN=C=O.CCOC(=O)c1ccc(N=C=O)cc1. The van der Waals surface area contributed by atoms with Gasteiger partial charge >= 0.3 is 11.9 Å². The van der Waals surface area contributed by atoms with Crippen molar-refractivity contribution in [2.45, 2.75) is 39.5 Å². The first-order chi connectivity index (χ1) is 13.1. The molecule has 0 aliphatic carbocycles. The minimum absolute atomic E-state index is 0.151. The lowest BCUT2D eigenvalue weighted by Gasteiger charge is -2.00. The Balaban J connectivity index is 0.000000503. The number of hydrogen-bond donors (Lipinski definition) is 0. The lowest BCUT2D eigenvalue weighted by Crippen LogP contribution is -2.03. The van der Waals surface area contributed by atoms with Crippen LogP contribution in [-0.4, -0.2) is 43.9 Å². The molecule has 0 fully saturated rings. The zero-order chi connectivity index (χ0) is 20.3. The van der Waals surface area contributed by atoms with Gasteiger partial charge in [0.25, 0.3) is 0 Å². The maximum absolute atomic E-state index is 11.2. The normalized spacial score (nSPS) is 8.96. The van der Waals surface area contributed by atoms with Crippen LogP contribution in [0.3, 0.4) is 0 Å². The van der Waals surface area contributed by atoms with E-state index in [2.05, 4.69) is 9.98 Å². The molecule has 0 aliphatic heterocycles. The van der Waals surface area contributed by atoms with Crippen molar-refractivity contribution >= 4 is 29.8 Å². The summed E-state index contributed by atoms with van der Waals surface area (Å²) in [6, 6.07) is 6.20. The summed E-state index contributed by atoms with van der Waals surface area (Å²) >= 11 is 0. The summed E-state index contributed by atoms with van der Waals surface area (Å²) in [6.45, 7) is 4.81. The molecule has 0 saturated heterocycles. The number of esters is 2. The van der Waals surface area contributed by atoms with Gasteiger partial charge in [0.15, 0.2) is 0 Å². The van der Waals surface area contributed by atoms with Gasteiger partial charge in [-0.1, -0.05) is 6.42 Å². The number of isocyanates is 2. The standard InChI is InChI=1S/C10H9NO3.C9H15NO3/c1-2-14-10(13)8-3-5-9(6-4-8)11-7-12;1-2-13-9(12)6-4-3-5-7-10-8-11/h3-6H,2H2,1H3;2-7H2,1H3. The van der Waals surface area contributed by atoms with Crippen molar-refractivity contribution in [1.29, 1.82) is 0 Å². The van der Waals surface area contributed by atoms with Crippen LogP contribution in [0.5, 0.6) is 0 Å². The molecule has 8 nitrogen and oxygen atoms in total. The number of carbonyl (C=O) groups excluding carboxylic acids is 4. The molecule has 0 bridgehead atoms. The highest BCUT2D eigenvalue weighted by molar-refractivity contribution is 5.89. The Hall–Kier alpha value is -3.08. The van der Waals surface area contributed by atoms with Gasteiger partial charge in [0.1, 0.15) is 0 Å². The van der Waals surface area contributed by atoms with Crippen LogP contribution in [0.4, 0.5) is 5.69 Å². The number of benzene rings is 1. The average Bonchev–Trinajstić information content (AvgIpc) is 2.66. The van der Waals surface area contributed by atoms with Gasteiger partial charge < -0.3 is 9.47 Å². The predicted molar refractivity (Wildman–Crippen MR) is 98.3 cm³/mol. The first-order valence-corrected chi connectivity index (χ1v) is 8.63. The van der Waals surface area contributed by atoms with Crippen LogP contribution in [0.25, 0.3) is 0 Å². The molecule has 146 valence electrons. The van der Waals surface area contributed by atoms with Gasteiger partial charge in [-0.3, -0.25) is 4.79 Å². The van der Waals surface area contributed by atoms with Gasteiger partial charge in [0.2, 0.25) is 12.2 Å². The van der Waals surface area contributed by atoms with E-state index in [1.54, 1.807) is 38.1 Å². The van der Waals surface area contributed by atoms with E-state index in [9.17, 15) is 19.2 Å². The van der Waals surface area contributed by atoms with E-state index in [0.29, 0.717) is 37.4 Å². The van der Waals surface area contributed by atoms with E-state index in [-0.39, 0.29) is 11.9 Å². The maximum atomic E-state index is 11.2. The number of rotatable bonds is 10. The number of hydrogen-bond acceptors (Lipinski definition) is 8. The van der Waals surface area contributed by atoms with Crippen molar-refractivity contribution < 1.29 is 28.7 Å². The van der Waals surface area contributed by atoms with Crippen molar-refractivity contribution in [2.75, 3.05) is 19.8 Å². The van der Waals surface area contributed by atoms with Crippen LogP contribution in [-0.2, 0) is 23.9 Å². The van der Waals surface area contributed by atoms with Gasteiger partial charge in [0, 0.05) is 6.42 Å². The molecule has 0 radical (unpaired) electrons. The largest absolute Gasteiger partial charge is 0.466 e. The number of aliphatic imine (C=N–C) groups is 2. The van der Waals surface area contributed by atoms with E-state index in [1.807, 2.05) is 0 Å². The van der Waals surface area contributed by atoms with Gasteiger partial charge in [-0.25, -0.2) is 19.4 Å². The fourth-order valence-electron chi connectivity index (χ4n) is 1.85. The summed E-state index contributed by atoms with van der Waals surface area (Å²) in [6.07, 6.45) is 5.86. The molecule has 0 unspecified atom stereocenters. The molecule has 0 heterocycles. The van der Waals surface area contributed by atoms with E-state index in [1.165, 1.54) is 12.2 Å². The Bertz CT molecular complexity index is 659. The molecule has 0 spiro atoms. The van der Waals surface area contributed by atoms with E-state index in [0.717, 1.165) is 19.3 Å². The number of carbonyl (C=O) groups is 2. The second kappa shape index (κ2) is 16.4. The van der Waals surface area contributed by atoms with Crippen molar-refractivity contribution in [3.05, 3.63) is 29.8 Å². The Morgan fingerprint density at radius 2 is 1.59 bits per heavy atom. The van der Waals surface area contributed by atoms with Crippen LogP contribution in [0.1, 0.15) is 49.9 Å². The highest BCUT2D eigenvalue weighted by Gasteiger charge is 2.04. The Morgan fingerprint density at radius 3 is 2.15 bits per heavy atom. The summed E-state index contributed by atoms with van der Waals surface area (Å²) in [5.74, 6) is -0.532. The zero-order valence-corrected chi connectivity index (χ0v) is 15.6. The van der Waals surface area contributed by atoms with Gasteiger partial charge in [-0.2, -0.15) is 4.99 Å². The Kier molecular flexibility index (Phi) is 14.5. The minimum Gasteiger partial charge on any atom is -0.466 e. The molecule has 1 aromatic carbocycles. The maximum Gasteiger partial charge on any atom is 0.338 e. The van der Waals surface area contributed by atoms with Gasteiger partial charge in [-0.05, 0) is 51.0 Å². The molecular formula is C19H24N2O6. The third-order valence-corrected chi connectivity index (χ3v) is 3.07. The van der Waals surface area contributed by atoms with Crippen LogP contribution in [0.2, 0.25) is 0 Å². The number of unbranched alkanes of at least 4 members (excludes halogenated alkanes) is 2. The van der Waals surface area contributed by atoms with Crippen molar-refractivity contribution in [1.82, 2.24) is 0 Å². The second-order valence-electron chi connectivity index (χ2n) is 5.06. The molecule has 8 heteroatoms. The van der Waals surface area contributed by atoms with E-state index in [4.69, 9.17) is 9.47 Å². The van der Waals surface area contributed by atoms with Crippen molar-refractivity contribution in [3.63, 3.8) is 0 Å². The Morgan fingerprint density at radius 1 is 0.926 bits per heavy atom. The van der Waals surface area contributed by atoms with E-state index >= 15 is 0 Å². The molecule has 1 rings (SSSR count). The summed E-state index contributed by atoms with van der Waals surface area (Å²) < 4.78 is 9.53. The van der Waals surface area contributed by atoms with Gasteiger partial charge in [-0.15, -0.1) is 0 Å². The molecule has 1 aromatic rings. The van der Waals surface area contributed by atoms with Gasteiger partial charge in [0.05, 0.1) is 31.0 Å². The fourth-order valence-corrected chi connectivity index (χ4v) is 1.85. The third kappa shape index (κ3) is 12.9. The van der Waals surface area contributed by atoms with Crippen molar-refractivity contribution in [3.8, 4) is 0 Å². The molecule has 27 heavy (non-hydrogen) atoms. The molecule has 0 aliphatic rings. The molecule has 0 aromatic heterocycles. The summed E-state index contributed by atoms with van der Waals surface area (Å²) in [5, 5.41) is 0. The average molecular weight is 376 g/mol. The van der Waals surface area contributed by atoms with Crippen LogP contribution in [0, 0.1) is 0 Å². The smallest absolute Gasteiger partial charge is 0.338 e. The summed E-state index contributed by atoms with van der Waals surface area (Å²) in [7, 11) is 0. The van der Waals surface area contributed by atoms with Crippen LogP contribution in [0.15, 0.2) is 34.3 Å². The lowest BCUT2D eigenvalue weighted by molar-refractivity contribution is -0.143. The summed E-state index contributed by atoms with van der Waals surface area (Å²) in [5.41, 5.74) is 0.907. The van der Waals surface area contributed by atoms with Crippen LogP contribution < -0.4 is 0 Å². The quantitative estimate of drug-likeness (QED) is 0.268. The minimum atomic E-state index is -0.380. The van der Waals surface area contributed by atoms with E-state index < -0.39 is 0 Å².